The number of nitrogens with one attached hydrogen (secondary N) is 1. The third kappa shape index (κ3) is 2.30. The highest BCUT2D eigenvalue weighted by Gasteiger charge is 2.16. The normalized spacial score (nSPS) is 12.9. The molecule has 1 atom stereocenters. The molecule has 2 rings (SSSR count). The Hall–Kier alpha value is -1.62. The molecule has 0 aromatic carbocycles. The van der Waals surface area contributed by atoms with Crippen LogP contribution in [0.2, 0.25) is 0 Å². The van der Waals surface area contributed by atoms with Crippen molar-refractivity contribution in [3.05, 3.63) is 36.3 Å². The van der Waals surface area contributed by atoms with E-state index in [9.17, 15) is 0 Å². The van der Waals surface area contributed by atoms with Crippen molar-refractivity contribution < 1.29 is 4.42 Å². The van der Waals surface area contributed by atoms with E-state index < -0.39 is 0 Å². The molecule has 0 radical (unpaired) electrons. The summed E-state index contributed by atoms with van der Waals surface area (Å²) >= 11 is 0. The van der Waals surface area contributed by atoms with Gasteiger partial charge in [0.2, 0.25) is 0 Å². The third-order valence-corrected chi connectivity index (χ3v) is 2.53. The largest absolute Gasteiger partial charge is 0.468 e. The molecule has 0 aliphatic heterocycles. The maximum absolute atomic E-state index is 5.42. The van der Waals surface area contributed by atoms with Crippen LogP contribution in [-0.2, 0) is 13.5 Å². The molecular weight excluding hydrogens is 204 g/mol. The summed E-state index contributed by atoms with van der Waals surface area (Å²) in [4.78, 5) is 4.22. The Morgan fingerprint density at radius 1 is 1.56 bits per heavy atom. The monoisotopic (exact) mass is 220 g/mol. The van der Waals surface area contributed by atoms with E-state index in [1.807, 2.05) is 19.2 Å². The van der Waals surface area contributed by atoms with Gasteiger partial charge in [-0.15, -0.1) is 0 Å². The lowest BCUT2D eigenvalue weighted by Gasteiger charge is -2.14. The van der Waals surface area contributed by atoms with E-state index in [-0.39, 0.29) is 6.04 Å². The molecule has 0 fully saturated rings. The first kappa shape index (κ1) is 10.9. The quantitative estimate of drug-likeness (QED) is 0.825. The fourth-order valence-electron chi connectivity index (χ4n) is 1.70. The van der Waals surface area contributed by atoms with E-state index in [1.165, 1.54) is 0 Å². The molecule has 0 saturated heterocycles. The van der Waals surface area contributed by atoms with Crippen LogP contribution in [0.15, 0.2) is 29.1 Å². The minimum atomic E-state index is 0.155. The van der Waals surface area contributed by atoms with Crippen molar-refractivity contribution in [2.45, 2.75) is 19.4 Å². The second-order valence-electron chi connectivity index (χ2n) is 3.63. The Morgan fingerprint density at radius 3 is 3.00 bits per heavy atom. The molecule has 86 valence electrons. The Bertz CT molecular complexity index is 421. The van der Waals surface area contributed by atoms with Gasteiger partial charge in [0, 0.05) is 13.5 Å². The summed E-state index contributed by atoms with van der Waals surface area (Å²) in [6.45, 7) is 2.97. The lowest BCUT2D eigenvalue weighted by Crippen LogP contribution is -2.23. The van der Waals surface area contributed by atoms with Crippen molar-refractivity contribution >= 4 is 0 Å². The molecule has 16 heavy (non-hydrogen) atoms. The second-order valence-corrected chi connectivity index (χ2v) is 3.63. The number of hydrogen-bond acceptors (Lipinski definition) is 4. The first-order valence-electron chi connectivity index (χ1n) is 5.41. The molecule has 2 aromatic rings. The fourth-order valence-corrected chi connectivity index (χ4v) is 1.70. The van der Waals surface area contributed by atoms with Crippen molar-refractivity contribution in [1.29, 1.82) is 0 Å². The van der Waals surface area contributed by atoms with E-state index in [0.717, 1.165) is 24.6 Å². The van der Waals surface area contributed by atoms with Gasteiger partial charge in [-0.05, 0) is 18.7 Å². The van der Waals surface area contributed by atoms with Crippen LogP contribution in [0.1, 0.15) is 24.6 Å². The molecule has 1 unspecified atom stereocenters. The van der Waals surface area contributed by atoms with Crippen molar-refractivity contribution in [3.63, 3.8) is 0 Å². The van der Waals surface area contributed by atoms with E-state index in [1.54, 1.807) is 17.3 Å². The molecule has 0 spiro atoms. The summed E-state index contributed by atoms with van der Waals surface area (Å²) in [5.41, 5.74) is 0. The molecular formula is C11H16N4O. The number of furan rings is 1. The topological polar surface area (TPSA) is 55.9 Å². The maximum atomic E-state index is 5.42. The number of nitrogens with zero attached hydrogens (tertiary/aromatic N) is 3. The van der Waals surface area contributed by atoms with Crippen LogP contribution in [0.3, 0.4) is 0 Å². The number of aromatic nitrogens is 3. The van der Waals surface area contributed by atoms with Gasteiger partial charge in [-0.2, -0.15) is 5.10 Å². The zero-order valence-corrected chi connectivity index (χ0v) is 9.55. The summed E-state index contributed by atoms with van der Waals surface area (Å²) in [7, 11) is 1.90. The number of hydrogen-bond donors (Lipinski definition) is 1. The minimum absolute atomic E-state index is 0.155. The molecule has 5 heteroatoms. The average Bonchev–Trinajstić information content (AvgIpc) is 2.90. The lowest BCUT2D eigenvalue weighted by atomic mass is 10.1. The molecule has 0 aliphatic rings. The second kappa shape index (κ2) is 4.94. The highest BCUT2D eigenvalue weighted by molar-refractivity contribution is 5.07. The van der Waals surface area contributed by atoms with Crippen LogP contribution in [0.25, 0.3) is 0 Å². The van der Waals surface area contributed by atoms with E-state index >= 15 is 0 Å². The van der Waals surface area contributed by atoms with Gasteiger partial charge >= 0.3 is 0 Å². The van der Waals surface area contributed by atoms with Gasteiger partial charge in [0.25, 0.3) is 0 Å². The predicted octanol–water partition coefficient (Wildman–Crippen LogP) is 1.30. The Kier molecular flexibility index (Phi) is 3.36. The molecule has 0 bridgehead atoms. The van der Waals surface area contributed by atoms with Crippen LogP contribution in [0.4, 0.5) is 0 Å². The van der Waals surface area contributed by atoms with Gasteiger partial charge in [-0.25, -0.2) is 4.98 Å². The van der Waals surface area contributed by atoms with Crippen LogP contribution >= 0.6 is 0 Å². The van der Waals surface area contributed by atoms with Gasteiger partial charge in [-0.3, -0.25) is 4.68 Å². The highest BCUT2D eigenvalue weighted by Crippen LogP contribution is 2.17. The smallest absolute Gasteiger partial charge is 0.138 e. The van der Waals surface area contributed by atoms with Gasteiger partial charge in [-0.1, -0.05) is 6.92 Å². The van der Waals surface area contributed by atoms with E-state index in [2.05, 4.69) is 22.3 Å². The average molecular weight is 220 g/mol. The molecule has 2 aromatic heterocycles. The first-order valence-corrected chi connectivity index (χ1v) is 5.41. The molecule has 2 heterocycles. The van der Waals surface area contributed by atoms with Gasteiger partial charge in [0.1, 0.15) is 17.9 Å². The Labute approximate surface area is 94.5 Å². The number of likely N-dealkylation sites (N-methyl/N-ethyl adjacent to an activating group) is 1. The van der Waals surface area contributed by atoms with Crippen molar-refractivity contribution in [3.8, 4) is 0 Å². The molecule has 0 aliphatic carbocycles. The van der Waals surface area contributed by atoms with Crippen molar-refractivity contribution in [2.75, 3.05) is 6.54 Å². The molecule has 5 nitrogen and oxygen atoms in total. The zero-order valence-electron chi connectivity index (χ0n) is 9.55. The van der Waals surface area contributed by atoms with Gasteiger partial charge in [0.05, 0.1) is 12.3 Å². The Morgan fingerprint density at radius 2 is 2.44 bits per heavy atom. The van der Waals surface area contributed by atoms with Crippen LogP contribution in [0.5, 0.6) is 0 Å². The minimum Gasteiger partial charge on any atom is -0.468 e. The molecule has 1 N–H and O–H groups in total. The summed E-state index contributed by atoms with van der Waals surface area (Å²) < 4.78 is 7.20. The molecule has 0 amide bonds. The van der Waals surface area contributed by atoms with E-state index in [4.69, 9.17) is 4.42 Å². The molecule has 0 saturated carbocycles. The first-order chi connectivity index (χ1) is 7.81. The zero-order chi connectivity index (χ0) is 11.4. The van der Waals surface area contributed by atoms with Crippen LogP contribution in [-0.4, -0.2) is 21.3 Å². The predicted molar refractivity (Wildman–Crippen MR) is 59.8 cm³/mol. The SMILES string of the molecule is CCNC(Cc1ncnn1C)c1ccco1. The third-order valence-electron chi connectivity index (χ3n) is 2.53. The van der Waals surface area contributed by atoms with Crippen LogP contribution < -0.4 is 5.32 Å². The summed E-state index contributed by atoms with van der Waals surface area (Å²) in [5, 5.41) is 7.43. The van der Waals surface area contributed by atoms with Gasteiger partial charge in [0.15, 0.2) is 0 Å². The summed E-state index contributed by atoms with van der Waals surface area (Å²) in [6, 6.07) is 4.03. The highest BCUT2D eigenvalue weighted by atomic mass is 16.3. The fraction of sp³-hybridized carbons (Fsp3) is 0.455. The van der Waals surface area contributed by atoms with Crippen molar-refractivity contribution in [2.24, 2.45) is 7.05 Å². The van der Waals surface area contributed by atoms with Crippen molar-refractivity contribution in [1.82, 2.24) is 20.1 Å². The number of aryl methyl sites for hydroxylation is 1. The van der Waals surface area contributed by atoms with Gasteiger partial charge < -0.3 is 9.73 Å². The standard InChI is InChI=1S/C11H16N4O/c1-3-12-9(10-5-4-6-16-10)7-11-13-8-14-15(11)2/h4-6,8-9,12H,3,7H2,1-2H3. The Balaban J connectivity index is 2.12. The van der Waals surface area contributed by atoms with E-state index in [0.29, 0.717) is 0 Å². The summed E-state index contributed by atoms with van der Waals surface area (Å²) in [5.74, 6) is 1.88. The lowest BCUT2D eigenvalue weighted by molar-refractivity contribution is 0.408. The van der Waals surface area contributed by atoms with Crippen LogP contribution in [0, 0.1) is 0 Å². The maximum Gasteiger partial charge on any atom is 0.138 e. The summed E-state index contributed by atoms with van der Waals surface area (Å²) in [6.07, 6.45) is 4.04. The number of rotatable bonds is 5.